The van der Waals surface area contributed by atoms with E-state index in [0.29, 0.717) is 47.8 Å². The van der Waals surface area contributed by atoms with Crippen LogP contribution in [0.4, 0.5) is 10.1 Å². The molecule has 2 bridgehead atoms. The van der Waals surface area contributed by atoms with Crippen LogP contribution in [-0.4, -0.2) is 43.6 Å². The third kappa shape index (κ3) is 6.40. The molecule has 2 amide bonds. The molecule has 2 aromatic rings. The molecule has 2 N–H and O–H groups in total. The van der Waals surface area contributed by atoms with Crippen molar-refractivity contribution in [1.82, 2.24) is 5.32 Å². The van der Waals surface area contributed by atoms with Gasteiger partial charge in [0.15, 0.2) is 0 Å². The first-order valence-corrected chi connectivity index (χ1v) is 15.1. The highest BCUT2D eigenvalue weighted by atomic mass is 19.1. The number of ether oxygens (including phenoxy) is 3. The van der Waals surface area contributed by atoms with Crippen LogP contribution >= 0.6 is 0 Å². The van der Waals surface area contributed by atoms with Gasteiger partial charge in [0, 0.05) is 11.7 Å². The maximum absolute atomic E-state index is 13.7. The molecule has 42 heavy (non-hydrogen) atoms. The van der Waals surface area contributed by atoms with Gasteiger partial charge in [-0.05, 0) is 106 Å². The topological polar surface area (TPSA) is 103 Å². The van der Waals surface area contributed by atoms with Crippen molar-refractivity contribution in [3.63, 3.8) is 0 Å². The van der Waals surface area contributed by atoms with Crippen molar-refractivity contribution >= 4 is 23.5 Å². The minimum absolute atomic E-state index is 0.0618. The molecule has 0 radical (unpaired) electrons. The number of esters is 1. The maximum atomic E-state index is 13.7. The summed E-state index contributed by atoms with van der Waals surface area (Å²) in [5.74, 6) is 0.384. The van der Waals surface area contributed by atoms with Crippen LogP contribution in [0.1, 0.15) is 73.4 Å². The fourth-order valence-electron chi connectivity index (χ4n) is 7.05. The largest absolute Gasteiger partial charge is 0.496 e. The van der Waals surface area contributed by atoms with E-state index in [0.717, 1.165) is 37.7 Å². The first-order valence-electron chi connectivity index (χ1n) is 15.1. The monoisotopic (exact) mass is 580 g/mol. The molecule has 0 unspecified atom stereocenters. The second-order valence-electron chi connectivity index (χ2n) is 11.8. The Morgan fingerprint density at radius 3 is 2.45 bits per heavy atom. The van der Waals surface area contributed by atoms with E-state index in [1.165, 1.54) is 7.11 Å². The molecule has 5 rings (SSSR count). The van der Waals surface area contributed by atoms with Gasteiger partial charge >= 0.3 is 5.97 Å². The summed E-state index contributed by atoms with van der Waals surface area (Å²) in [6.45, 7) is 3.51. The number of methoxy groups -OCH3 is 1. The van der Waals surface area contributed by atoms with Gasteiger partial charge in [-0.2, -0.15) is 0 Å². The Morgan fingerprint density at radius 2 is 1.74 bits per heavy atom. The predicted octanol–water partition coefficient (Wildman–Crippen LogP) is 5.76. The van der Waals surface area contributed by atoms with Gasteiger partial charge in [0.05, 0.1) is 37.2 Å². The number of rotatable bonds is 10. The van der Waals surface area contributed by atoms with E-state index in [-0.39, 0.29) is 53.6 Å². The Balaban J connectivity index is 1.28. The van der Waals surface area contributed by atoms with Crippen molar-refractivity contribution < 1.29 is 33.0 Å². The molecule has 2 aromatic carbocycles. The zero-order chi connectivity index (χ0) is 29.8. The third-order valence-corrected chi connectivity index (χ3v) is 9.20. The van der Waals surface area contributed by atoms with E-state index in [2.05, 4.69) is 10.6 Å². The summed E-state index contributed by atoms with van der Waals surface area (Å²) in [5, 5.41) is 6.13. The number of anilines is 1. The quantitative estimate of drug-likeness (QED) is 0.347. The van der Waals surface area contributed by atoms with Crippen molar-refractivity contribution in [2.45, 2.75) is 77.6 Å². The van der Waals surface area contributed by atoms with Crippen molar-refractivity contribution in [2.75, 3.05) is 19.0 Å². The number of benzene rings is 2. The average molecular weight is 581 g/mol. The lowest BCUT2D eigenvalue weighted by atomic mass is 9.83. The fourth-order valence-corrected chi connectivity index (χ4v) is 7.05. The number of amides is 2. The molecule has 8 nitrogen and oxygen atoms in total. The number of alkyl halides is 1. The molecule has 226 valence electrons. The number of halogens is 1. The minimum atomic E-state index is -0.602. The lowest BCUT2D eigenvalue weighted by Gasteiger charge is -2.31. The summed E-state index contributed by atoms with van der Waals surface area (Å²) >= 11 is 0. The van der Waals surface area contributed by atoms with Gasteiger partial charge < -0.3 is 24.8 Å². The Labute approximate surface area is 246 Å². The highest BCUT2D eigenvalue weighted by molar-refractivity contribution is 5.99. The summed E-state index contributed by atoms with van der Waals surface area (Å²) in [5.41, 5.74) is 2.27. The summed E-state index contributed by atoms with van der Waals surface area (Å²) in [7, 11) is 1.53. The van der Waals surface area contributed by atoms with E-state index < -0.39 is 6.67 Å². The second kappa shape index (κ2) is 13.1. The highest BCUT2D eigenvalue weighted by Crippen LogP contribution is 2.49. The van der Waals surface area contributed by atoms with Crippen molar-refractivity contribution in [3.05, 3.63) is 53.1 Å². The van der Waals surface area contributed by atoms with Crippen LogP contribution in [0.2, 0.25) is 0 Å². The molecular weight excluding hydrogens is 539 g/mol. The van der Waals surface area contributed by atoms with Gasteiger partial charge in [0.1, 0.15) is 18.2 Å². The predicted molar refractivity (Wildman–Crippen MR) is 156 cm³/mol. The Morgan fingerprint density at radius 1 is 0.976 bits per heavy atom. The molecule has 4 atom stereocenters. The van der Waals surface area contributed by atoms with E-state index >= 15 is 0 Å². The van der Waals surface area contributed by atoms with Gasteiger partial charge in [-0.25, -0.2) is 4.39 Å². The summed E-state index contributed by atoms with van der Waals surface area (Å²) in [6, 6.07) is 10.0. The normalized spacial score (nSPS) is 26.4. The first kappa shape index (κ1) is 29.9. The first-order chi connectivity index (χ1) is 20.3. The molecule has 3 aliphatic rings. The van der Waals surface area contributed by atoms with E-state index in [1.54, 1.807) is 36.4 Å². The van der Waals surface area contributed by atoms with Gasteiger partial charge in [0.2, 0.25) is 5.91 Å². The zero-order valence-corrected chi connectivity index (χ0v) is 24.6. The standard InChI is InChI=1S/C33H41FN2O6/c1-4-41-33(39)21-10-12-25(13-11-21)42-27-17-26(28(40-3)14-19(27)2)31(37)36-30-23-9-8-22(16-23)29(30)32(38)35-24-7-5-6-20(15-24)18-34/h5-7,14-15,17,21-23,25,29-30H,4,8-13,16,18H2,1-3H3,(H,35,38)(H,36,37)/t21-,22-,23+,25+,29+,30-/m1/s1. The SMILES string of the molecule is CCOC(=O)[C@H]1CC[C@@H](Oc2cc(C(=O)N[C@@H]3[C@H]4CC[C@H](C4)[C@@H]3C(=O)Nc3cccc(CF)c3)c(OC)cc2C)CC1. The molecule has 3 saturated carbocycles. The van der Waals surface area contributed by atoms with Crippen molar-refractivity contribution in [2.24, 2.45) is 23.7 Å². The van der Waals surface area contributed by atoms with Crippen LogP contribution in [0.25, 0.3) is 0 Å². The van der Waals surface area contributed by atoms with Crippen molar-refractivity contribution in [1.29, 1.82) is 0 Å². The van der Waals surface area contributed by atoms with Crippen LogP contribution in [-0.2, 0) is 21.0 Å². The van der Waals surface area contributed by atoms with Crippen LogP contribution in [0, 0.1) is 30.6 Å². The summed E-state index contributed by atoms with van der Waals surface area (Å²) < 4.78 is 30.3. The number of hydrogen-bond donors (Lipinski definition) is 2. The lowest BCUT2D eigenvalue weighted by Crippen LogP contribution is -2.48. The summed E-state index contributed by atoms with van der Waals surface area (Å²) in [6.07, 6.45) is 5.61. The number of carbonyl (C=O) groups excluding carboxylic acids is 3. The molecule has 0 aromatic heterocycles. The second-order valence-corrected chi connectivity index (χ2v) is 11.8. The van der Waals surface area contributed by atoms with Crippen LogP contribution < -0.4 is 20.1 Å². The molecule has 3 aliphatic carbocycles. The number of nitrogens with one attached hydrogen (secondary N) is 2. The van der Waals surface area contributed by atoms with Crippen molar-refractivity contribution in [3.8, 4) is 11.5 Å². The Hall–Kier alpha value is -3.62. The highest BCUT2D eigenvalue weighted by Gasteiger charge is 2.51. The number of hydrogen-bond acceptors (Lipinski definition) is 6. The van der Waals surface area contributed by atoms with Crippen LogP contribution in [0.5, 0.6) is 11.5 Å². The zero-order valence-electron chi connectivity index (χ0n) is 24.6. The molecule has 0 heterocycles. The van der Waals surface area contributed by atoms with Crippen LogP contribution in [0.3, 0.4) is 0 Å². The fraction of sp³-hybridized carbons (Fsp3) is 0.545. The number of carbonyl (C=O) groups is 3. The van der Waals surface area contributed by atoms with Gasteiger partial charge in [0.25, 0.3) is 5.91 Å². The summed E-state index contributed by atoms with van der Waals surface area (Å²) in [4.78, 5) is 39.3. The Bertz CT molecular complexity index is 1310. The molecule has 0 spiro atoms. The average Bonchev–Trinajstić information content (AvgIpc) is 3.60. The van der Waals surface area contributed by atoms with E-state index in [9.17, 15) is 18.8 Å². The molecular formula is C33H41FN2O6. The lowest BCUT2D eigenvalue weighted by molar-refractivity contribution is -0.149. The molecule has 0 saturated heterocycles. The number of fused-ring (bicyclic) bond motifs is 2. The van der Waals surface area contributed by atoms with Gasteiger partial charge in [-0.1, -0.05) is 12.1 Å². The third-order valence-electron chi connectivity index (χ3n) is 9.20. The smallest absolute Gasteiger partial charge is 0.308 e. The van der Waals surface area contributed by atoms with Gasteiger partial charge in [-0.15, -0.1) is 0 Å². The van der Waals surface area contributed by atoms with E-state index in [4.69, 9.17) is 14.2 Å². The van der Waals surface area contributed by atoms with E-state index in [1.807, 2.05) is 13.8 Å². The molecule has 3 fully saturated rings. The van der Waals surface area contributed by atoms with Crippen LogP contribution in [0.15, 0.2) is 36.4 Å². The Kier molecular flexibility index (Phi) is 9.34. The van der Waals surface area contributed by atoms with Gasteiger partial charge in [-0.3, -0.25) is 14.4 Å². The maximum Gasteiger partial charge on any atom is 0.308 e. The molecule has 0 aliphatic heterocycles. The molecule has 9 heteroatoms. The number of aryl methyl sites for hydroxylation is 1. The minimum Gasteiger partial charge on any atom is -0.496 e.